The zero-order valence-electron chi connectivity index (χ0n) is 11.0. The highest BCUT2D eigenvalue weighted by Gasteiger charge is 2.16. The van der Waals surface area contributed by atoms with Gasteiger partial charge in [0.15, 0.2) is 9.84 Å². The molecular formula is C14H12Cl2FNO2S. The zero-order valence-corrected chi connectivity index (χ0v) is 13.4. The molecule has 21 heavy (non-hydrogen) atoms. The second-order valence-electron chi connectivity index (χ2n) is 4.47. The van der Waals surface area contributed by atoms with Crippen LogP contribution in [-0.4, -0.2) is 14.7 Å². The van der Waals surface area contributed by atoms with Crippen molar-refractivity contribution in [2.75, 3.05) is 11.6 Å². The van der Waals surface area contributed by atoms with Crippen LogP contribution in [0.4, 0.5) is 10.1 Å². The summed E-state index contributed by atoms with van der Waals surface area (Å²) >= 11 is 11.7. The number of benzene rings is 2. The number of hydrogen-bond donors (Lipinski definition) is 1. The molecule has 0 saturated heterocycles. The van der Waals surface area contributed by atoms with Gasteiger partial charge >= 0.3 is 0 Å². The van der Waals surface area contributed by atoms with Crippen molar-refractivity contribution >= 4 is 38.7 Å². The van der Waals surface area contributed by atoms with Crippen LogP contribution in [0.2, 0.25) is 10.0 Å². The molecule has 0 heterocycles. The second-order valence-corrected chi connectivity index (χ2v) is 7.29. The van der Waals surface area contributed by atoms with Gasteiger partial charge in [-0.2, -0.15) is 0 Å². The average Bonchev–Trinajstić information content (AvgIpc) is 2.37. The Morgan fingerprint density at radius 3 is 2.52 bits per heavy atom. The van der Waals surface area contributed by atoms with Crippen molar-refractivity contribution < 1.29 is 12.8 Å². The third kappa shape index (κ3) is 3.87. The Bertz CT molecular complexity index is 779. The van der Waals surface area contributed by atoms with E-state index in [4.69, 9.17) is 23.2 Å². The lowest BCUT2D eigenvalue weighted by Gasteiger charge is -2.12. The summed E-state index contributed by atoms with van der Waals surface area (Å²) in [6.45, 7) is 0.0840. The summed E-state index contributed by atoms with van der Waals surface area (Å²) in [5.74, 6) is -0.518. The van der Waals surface area contributed by atoms with Gasteiger partial charge < -0.3 is 5.32 Å². The Balaban J connectivity index is 2.32. The first-order valence-corrected chi connectivity index (χ1v) is 8.60. The summed E-state index contributed by atoms with van der Waals surface area (Å²) in [5, 5.41) is 3.42. The number of rotatable bonds is 4. The van der Waals surface area contributed by atoms with E-state index in [1.807, 2.05) is 0 Å². The van der Waals surface area contributed by atoms with Gasteiger partial charge in [-0.05, 0) is 30.3 Å². The van der Waals surface area contributed by atoms with Crippen LogP contribution < -0.4 is 5.32 Å². The van der Waals surface area contributed by atoms with E-state index >= 15 is 0 Å². The molecule has 0 saturated carbocycles. The Hall–Kier alpha value is -1.30. The number of sulfone groups is 1. The molecule has 2 aromatic carbocycles. The fourth-order valence-electron chi connectivity index (χ4n) is 1.87. The predicted octanol–water partition coefficient (Wildman–Crippen LogP) is 4.15. The molecule has 2 rings (SSSR count). The number of hydrogen-bond acceptors (Lipinski definition) is 3. The Morgan fingerprint density at radius 1 is 1.19 bits per heavy atom. The molecule has 0 atom stereocenters. The summed E-state index contributed by atoms with van der Waals surface area (Å²) in [6, 6.07) is 8.81. The second kappa shape index (κ2) is 6.22. The van der Waals surface area contributed by atoms with E-state index in [0.717, 1.165) is 6.26 Å². The minimum atomic E-state index is -3.42. The van der Waals surface area contributed by atoms with Crippen molar-refractivity contribution in [3.63, 3.8) is 0 Å². The van der Waals surface area contributed by atoms with Crippen LogP contribution in [0.1, 0.15) is 5.56 Å². The van der Waals surface area contributed by atoms with E-state index in [9.17, 15) is 12.8 Å². The van der Waals surface area contributed by atoms with Gasteiger partial charge in [0.25, 0.3) is 0 Å². The Morgan fingerprint density at radius 2 is 1.90 bits per heavy atom. The van der Waals surface area contributed by atoms with E-state index in [-0.39, 0.29) is 22.2 Å². The molecule has 112 valence electrons. The van der Waals surface area contributed by atoms with E-state index in [1.165, 1.54) is 24.3 Å². The maximum atomic E-state index is 13.7. The fourth-order valence-corrected chi connectivity index (χ4v) is 3.29. The monoisotopic (exact) mass is 347 g/mol. The molecule has 0 amide bonds. The van der Waals surface area contributed by atoms with Crippen molar-refractivity contribution in [3.8, 4) is 0 Å². The minimum Gasteiger partial charge on any atom is -0.378 e. The predicted molar refractivity (Wildman–Crippen MR) is 83.3 cm³/mol. The molecule has 0 fully saturated rings. The standard InChI is InChI=1S/C14H12Cl2FNO2S/c1-21(19,20)14-4-2-3-11(16)10(14)8-18-13-6-5-9(15)7-12(13)17/h2-7,18H,8H2,1H3. The molecule has 3 nitrogen and oxygen atoms in total. The molecule has 7 heteroatoms. The van der Waals surface area contributed by atoms with Gasteiger partial charge in [-0.15, -0.1) is 0 Å². The third-order valence-corrected chi connectivity index (χ3v) is 4.63. The molecule has 2 aromatic rings. The topological polar surface area (TPSA) is 46.2 Å². The van der Waals surface area contributed by atoms with Crippen LogP contribution in [0.5, 0.6) is 0 Å². The van der Waals surface area contributed by atoms with Crippen molar-refractivity contribution in [2.24, 2.45) is 0 Å². The van der Waals surface area contributed by atoms with Crippen molar-refractivity contribution in [1.29, 1.82) is 0 Å². The number of anilines is 1. The molecule has 0 aliphatic carbocycles. The lowest BCUT2D eigenvalue weighted by molar-refractivity contribution is 0.601. The Kier molecular flexibility index (Phi) is 4.76. The van der Waals surface area contributed by atoms with Crippen LogP contribution in [0.25, 0.3) is 0 Å². The van der Waals surface area contributed by atoms with Gasteiger partial charge in [-0.3, -0.25) is 0 Å². The van der Waals surface area contributed by atoms with Gasteiger partial charge in [0.1, 0.15) is 5.82 Å². The van der Waals surface area contributed by atoms with E-state index in [0.29, 0.717) is 10.6 Å². The SMILES string of the molecule is CS(=O)(=O)c1cccc(Cl)c1CNc1ccc(Cl)cc1F. The van der Waals surface area contributed by atoms with Crippen LogP contribution in [0.3, 0.4) is 0 Å². The minimum absolute atomic E-state index is 0.0840. The highest BCUT2D eigenvalue weighted by Crippen LogP contribution is 2.26. The number of nitrogens with one attached hydrogen (secondary N) is 1. The van der Waals surface area contributed by atoms with Gasteiger partial charge in [0, 0.05) is 28.4 Å². The van der Waals surface area contributed by atoms with Crippen LogP contribution in [0, 0.1) is 5.82 Å². The molecular weight excluding hydrogens is 336 g/mol. The first-order chi connectivity index (χ1) is 9.79. The first kappa shape index (κ1) is 16.1. The molecule has 0 spiro atoms. The fraction of sp³-hybridized carbons (Fsp3) is 0.143. The van der Waals surface area contributed by atoms with Gasteiger partial charge in [0.05, 0.1) is 10.6 Å². The summed E-state index contributed by atoms with van der Waals surface area (Å²) in [5.41, 5.74) is 0.620. The Labute approximate surface area is 132 Å². The zero-order chi connectivity index (χ0) is 15.6. The lowest BCUT2D eigenvalue weighted by atomic mass is 10.2. The van der Waals surface area contributed by atoms with Crippen molar-refractivity contribution in [2.45, 2.75) is 11.4 Å². The number of halogens is 3. The largest absolute Gasteiger partial charge is 0.378 e. The molecule has 0 radical (unpaired) electrons. The average molecular weight is 348 g/mol. The van der Waals surface area contributed by atoms with Crippen LogP contribution in [-0.2, 0) is 16.4 Å². The molecule has 0 aromatic heterocycles. The maximum Gasteiger partial charge on any atom is 0.175 e. The molecule has 0 aliphatic heterocycles. The van der Waals surface area contributed by atoms with Gasteiger partial charge in [-0.1, -0.05) is 29.3 Å². The quantitative estimate of drug-likeness (QED) is 0.903. The molecule has 0 unspecified atom stereocenters. The molecule has 0 bridgehead atoms. The van der Waals surface area contributed by atoms with E-state index in [1.54, 1.807) is 12.1 Å². The highest BCUT2D eigenvalue weighted by atomic mass is 35.5. The molecule has 0 aliphatic rings. The van der Waals surface area contributed by atoms with Gasteiger partial charge in [-0.25, -0.2) is 12.8 Å². The molecule has 1 N–H and O–H groups in total. The van der Waals surface area contributed by atoms with Crippen molar-refractivity contribution in [3.05, 3.63) is 57.8 Å². The summed E-state index contributed by atoms with van der Waals surface area (Å²) in [6.07, 6.45) is 1.10. The summed E-state index contributed by atoms with van der Waals surface area (Å²) < 4.78 is 37.2. The maximum absolute atomic E-state index is 13.7. The van der Waals surface area contributed by atoms with Crippen molar-refractivity contribution in [1.82, 2.24) is 0 Å². The third-order valence-electron chi connectivity index (χ3n) is 2.86. The van der Waals surface area contributed by atoms with E-state index in [2.05, 4.69) is 5.32 Å². The normalized spacial score (nSPS) is 11.4. The van der Waals surface area contributed by atoms with E-state index < -0.39 is 15.7 Å². The first-order valence-electron chi connectivity index (χ1n) is 5.95. The van der Waals surface area contributed by atoms with Crippen LogP contribution >= 0.6 is 23.2 Å². The summed E-state index contributed by atoms with van der Waals surface area (Å²) in [4.78, 5) is 0.122. The van der Waals surface area contributed by atoms with Crippen LogP contribution in [0.15, 0.2) is 41.3 Å². The summed E-state index contributed by atoms with van der Waals surface area (Å²) in [7, 11) is -3.42. The highest BCUT2D eigenvalue weighted by molar-refractivity contribution is 7.90. The smallest absolute Gasteiger partial charge is 0.175 e. The lowest BCUT2D eigenvalue weighted by Crippen LogP contribution is -2.08. The van der Waals surface area contributed by atoms with Gasteiger partial charge in [0.2, 0.25) is 0 Å².